The molecule has 116 valence electrons. The van der Waals surface area contributed by atoms with Gasteiger partial charge in [0, 0.05) is 34.5 Å². The number of aromatic hydroxyl groups is 1. The van der Waals surface area contributed by atoms with Crippen molar-refractivity contribution in [1.29, 1.82) is 0 Å². The van der Waals surface area contributed by atoms with Crippen molar-refractivity contribution < 1.29 is 5.11 Å². The third-order valence-corrected chi connectivity index (χ3v) is 4.42. The Balaban J connectivity index is 1.83. The molecule has 0 bridgehead atoms. The van der Waals surface area contributed by atoms with Gasteiger partial charge in [0.05, 0.1) is 12.2 Å². The van der Waals surface area contributed by atoms with E-state index < -0.39 is 0 Å². The van der Waals surface area contributed by atoms with Gasteiger partial charge in [-0.05, 0) is 29.8 Å². The minimum atomic E-state index is -0.0987. The molecule has 3 N–H and O–H groups in total. The number of phenols is 1. The monoisotopic (exact) mass is 315 g/mol. The molecule has 1 aromatic carbocycles. The molecule has 0 radical (unpaired) electrons. The van der Waals surface area contributed by atoms with Crippen LogP contribution in [0.1, 0.15) is 17.2 Å². The molecule has 1 aliphatic heterocycles. The second kappa shape index (κ2) is 4.79. The summed E-state index contributed by atoms with van der Waals surface area (Å²) >= 11 is 0. The highest BCUT2D eigenvalue weighted by molar-refractivity contribution is 5.99. The Morgan fingerprint density at radius 1 is 1.04 bits per heavy atom. The molecule has 24 heavy (non-hydrogen) atoms. The van der Waals surface area contributed by atoms with Gasteiger partial charge in [-0.25, -0.2) is 4.98 Å². The largest absolute Gasteiger partial charge is 0.508 e. The maximum atomic E-state index is 9.58. The van der Waals surface area contributed by atoms with Crippen molar-refractivity contribution in [2.24, 2.45) is 0 Å². The van der Waals surface area contributed by atoms with E-state index in [0.717, 1.165) is 39.1 Å². The number of hydrogen-bond donors (Lipinski definition) is 3. The first-order valence-electron chi connectivity index (χ1n) is 7.65. The molecule has 0 saturated heterocycles. The van der Waals surface area contributed by atoms with Gasteiger partial charge >= 0.3 is 0 Å². The Hall–Kier alpha value is -3.41. The summed E-state index contributed by atoms with van der Waals surface area (Å²) in [5.74, 6) is 1.05. The van der Waals surface area contributed by atoms with E-state index in [0.29, 0.717) is 0 Å². The Kier molecular flexibility index (Phi) is 2.61. The quantitative estimate of drug-likeness (QED) is 0.502. The normalized spacial score (nSPS) is 15.6. The number of H-pyrrole nitrogens is 1. The predicted octanol–water partition coefficient (Wildman–Crippen LogP) is 3.24. The molecule has 0 fully saturated rings. The van der Waals surface area contributed by atoms with Gasteiger partial charge in [-0.15, -0.1) is 5.10 Å². The topological polar surface area (TPSA) is 86.7 Å². The molecule has 1 unspecified atom stereocenters. The molecule has 0 aliphatic carbocycles. The molecular weight excluding hydrogens is 302 g/mol. The molecule has 1 aliphatic rings. The van der Waals surface area contributed by atoms with Gasteiger partial charge in [-0.2, -0.15) is 5.10 Å². The van der Waals surface area contributed by atoms with Gasteiger partial charge in [0.25, 0.3) is 0 Å². The molecule has 0 amide bonds. The summed E-state index contributed by atoms with van der Waals surface area (Å²) in [5.41, 5.74) is 4.88. The van der Waals surface area contributed by atoms with E-state index in [9.17, 15) is 5.11 Å². The molecule has 5 rings (SSSR count). The maximum Gasteiger partial charge on any atom is 0.160 e. The fourth-order valence-electron chi connectivity index (χ4n) is 3.31. The molecule has 0 spiro atoms. The zero-order valence-electron chi connectivity index (χ0n) is 12.6. The molecule has 3 aromatic heterocycles. The molecule has 6 nitrogen and oxygen atoms in total. The molecule has 4 aromatic rings. The van der Waals surface area contributed by atoms with Crippen molar-refractivity contribution in [1.82, 2.24) is 20.2 Å². The number of aromatic amines is 1. The van der Waals surface area contributed by atoms with Crippen LogP contribution in [0.4, 0.5) is 5.82 Å². The van der Waals surface area contributed by atoms with Crippen molar-refractivity contribution in [3.05, 3.63) is 66.1 Å². The van der Waals surface area contributed by atoms with E-state index in [1.54, 1.807) is 24.5 Å². The Bertz CT molecular complexity index is 1050. The smallest absolute Gasteiger partial charge is 0.160 e. The van der Waals surface area contributed by atoms with E-state index in [4.69, 9.17) is 0 Å². The van der Waals surface area contributed by atoms with E-state index >= 15 is 0 Å². The third kappa shape index (κ3) is 1.80. The molecule has 6 heteroatoms. The van der Waals surface area contributed by atoms with Crippen LogP contribution >= 0.6 is 0 Å². The number of pyridine rings is 1. The number of fused-ring (bicyclic) bond motifs is 2. The van der Waals surface area contributed by atoms with Crippen molar-refractivity contribution in [2.75, 3.05) is 5.32 Å². The first-order valence-corrected chi connectivity index (χ1v) is 7.65. The van der Waals surface area contributed by atoms with Crippen molar-refractivity contribution in [3.63, 3.8) is 0 Å². The lowest BCUT2D eigenvalue weighted by Gasteiger charge is -2.18. The number of anilines is 1. The number of phenolic OH excluding ortho intramolecular Hbond substituents is 1. The minimum absolute atomic E-state index is 0.0987. The standard InChI is InChI=1S/C18H13N5O/c24-11-5-3-10(4-6-11)16-14-8-20-18-15(14)13(9-21-23-18)12-2-1-7-19-17(12)22-16/h1-9,16,24H,(H,19,22)(H,20,23). The number of nitrogens with zero attached hydrogens (tertiary/aromatic N) is 3. The molecule has 1 atom stereocenters. The molecular formula is C18H13N5O. The van der Waals surface area contributed by atoms with Crippen LogP contribution < -0.4 is 5.32 Å². The zero-order valence-corrected chi connectivity index (χ0v) is 12.6. The summed E-state index contributed by atoms with van der Waals surface area (Å²) in [6.07, 6.45) is 5.51. The van der Waals surface area contributed by atoms with Crippen LogP contribution in [0.5, 0.6) is 5.75 Å². The Morgan fingerprint density at radius 2 is 1.92 bits per heavy atom. The van der Waals surface area contributed by atoms with Crippen LogP contribution in [0.3, 0.4) is 0 Å². The molecule has 4 heterocycles. The molecule has 0 saturated carbocycles. The second-order valence-corrected chi connectivity index (χ2v) is 5.79. The van der Waals surface area contributed by atoms with Gasteiger partial charge in [-0.3, -0.25) is 0 Å². The summed E-state index contributed by atoms with van der Waals surface area (Å²) in [4.78, 5) is 7.71. The van der Waals surface area contributed by atoms with Gasteiger partial charge in [0.15, 0.2) is 5.65 Å². The average Bonchev–Trinajstić information content (AvgIpc) is 2.98. The highest BCUT2D eigenvalue weighted by Crippen LogP contribution is 2.42. The first-order chi connectivity index (χ1) is 11.8. The SMILES string of the molecule is Oc1ccc(C2Nc3ncccc3-c3cnnc4[nH]cc2c34)cc1. The van der Waals surface area contributed by atoms with Crippen LogP contribution in [-0.2, 0) is 0 Å². The highest BCUT2D eigenvalue weighted by atomic mass is 16.3. The van der Waals surface area contributed by atoms with Crippen LogP contribution in [-0.4, -0.2) is 25.3 Å². The number of aromatic nitrogens is 4. The summed E-state index contributed by atoms with van der Waals surface area (Å²) in [6.45, 7) is 0. The van der Waals surface area contributed by atoms with Crippen LogP contribution in [0.2, 0.25) is 0 Å². The van der Waals surface area contributed by atoms with E-state index in [2.05, 4.69) is 25.5 Å². The number of hydrogen-bond acceptors (Lipinski definition) is 5. The van der Waals surface area contributed by atoms with E-state index in [1.807, 2.05) is 30.5 Å². The van der Waals surface area contributed by atoms with Crippen molar-refractivity contribution in [2.45, 2.75) is 6.04 Å². The van der Waals surface area contributed by atoms with E-state index in [1.165, 1.54) is 0 Å². The fourth-order valence-corrected chi connectivity index (χ4v) is 3.31. The Morgan fingerprint density at radius 3 is 2.79 bits per heavy atom. The average molecular weight is 315 g/mol. The number of nitrogens with one attached hydrogen (secondary N) is 2. The predicted molar refractivity (Wildman–Crippen MR) is 90.7 cm³/mol. The highest BCUT2D eigenvalue weighted by Gasteiger charge is 2.26. The van der Waals surface area contributed by atoms with Gasteiger partial charge < -0.3 is 15.4 Å². The van der Waals surface area contributed by atoms with Crippen LogP contribution in [0.25, 0.3) is 22.2 Å². The summed E-state index contributed by atoms with van der Waals surface area (Å²) in [7, 11) is 0. The van der Waals surface area contributed by atoms with Crippen LogP contribution in [0, 0.1) is 0 Å². The van der Waals surface area contributed by atoms with Gasteiger partial charge in [-0.1, -0.05) is 12.1 Å². The van der Waals surface area contributed by atoms with Crippen molar-refractivity contribution in [3.8, 4) is 16.9 Å². The Labute approximate surface area is 137 Å². The fraction of sp³-hybridized carbons (Fsp3) is 0.0556. The third-order valence-electron chi connectivity index (χ3n) is 4.42. The maximum absolute atomic E-state index is 9.58. The summed E-state index contributed by atoms with van der Waals surface area (Å²) in [5, 5.41) is 22.5. The lowest BCUT2D eigenvalue weighted by Crippen LogP contribution is -2.12. The van der Waals surface area contributed by atoms with Gasteiger partial charge in [0.2, 0.25) is 0 Å². The lowest BCUT2D eigenvalue weighted by molar-refractivity contribution is 0.475. The van der Waals surface area contributed by atoms with Gasteiger partial charge in [0.1, 0.15) is 11.6 Å². The zero-order chi connectivity index (χ0) is 16.1. The van der Waals surface area contributed by atoms with Crippen molar-refractivity contribution >= 4 is 16.9 Å². The van der Waals surface area contributed by atoms with E-state index in [-0.39, 0.29) is 11.8 Å². The minimum Gasteiger partial charge on any atom is -0.508 e. The first kappa shape index (κ1) is 13.1. The lowest BCUT2D eigenvalue weighted by atomic mass is 9.97. The summed E-state index contributed by atoms with van der Waals surface area (Å²) < 4.78 is 0. The second-order valence-electron chi connectivity index (χ2n) is 5.79. The number of rotatable bonds is 1. The summed E-state index contributed by atoms with van der Waals surface area (Å²) in [6, 6.07) is 11.1. The number of benzene rings is 1. The van der Waals surface area contributed by atoms with Crippen LogP contribution in [0.15, 0.2) is 55.0 Å².